The molecule has 0 saturated carbocycles. The number of hydrogen-bond acceptors (Lipinski definition) is 2. The smallest absolute Gasteiger partial charge is 0.187 e. The Balaban J connectivity index is 2.80. The molecule has 0 fully saturated rings. The van der Waals surface area contributed by atoms with E-state index in [4.69, 9.17) is 5.73 Å². The van der Waals surface area contributed by atoms with Crippen molar-refractivity contribution in [3.05, 3.63) is 11.5 Å². The van der Waals surface area contributed by atoms with Crippen LogP contribution in [-0.2, 0) is 6.42 Å². The maximum atomic E-state index is 13.2. The zero-order valence-electron chi connectivity index (χ0n) is 8.32. The van der Waals surface area contributed by atoms with E-state index in [2.05, 4.69) is 31.0 Å². The van der Waals surface area contributed by atoms with E-state index in [1.807, 2.05) is 0 Å². The number of nitrogens with two attached hydrogens (primary N) is 1. The number of hydrogen-bond donors (Lipinski definition) is 2. The van der Waals surface area contributed by atoms with E-state index in [0.717, 1.165) is 6.42 Å². The fourth-order valence-electron chi connectivity index (χ4n) is 1.10. The second-order valence-electron chi connectivity index (χ2n) is 4.10. The van der Waals surface area contributed by atoms with Crippen molar-refractivity contribution < 1.29 is 4.39 Å². The summed E-state index contributed by atoms with van der Waals surface area (Å²) in [4.78, 5) is 0. The van der Waals surface area contributed by atoms with Crippen LogP contribution in [0.4, 0.5) is 10.2 Å². The zero-order valence-corrected chi connectivity index (χ0v) is 8.32. The summed E-state index contributed by atoms with van der Waals surface area (Å²) in [5.74, 6) is -0.441. The first kappa shape index (κ1) is 10.0. The van der Waals surface area contributed by atoms with E-state index >= 15 is 0 Å². The molecule has 0 unspecified atom stereocenters. The highest BCUT2D eigenvalue weighted by atomic mass is 19.1. The average molecular weight is 185 g/mol. The zero-order chi connectivity index (χ0) is 10.1. The molecule has 3 nitrogen and oxygen atoms in total. The average Bonchev–Trinajstić information content (AvgIpc) is 2.36. The molecule has 1 aromatic rings. The van der Waals surface area contributed by atoms with Gasteiger partial charge in [-0.1, -0.05) is 27.2 Å². The number of nitrogen functional groups attached to an aromatic ring is 1. The highest BCUT2D eigenvalue weighted by molar-refractivity contribution is 5.31. The lowest BCUT2D eigenvalue weighted by molar-refractivity contribution is 0.340. The van der Waals surface area contributed by atoms with Crippen molar-refractivity contribution in [2.45, 2.75) is 33.6 Å². The number of anilines is 1. The van der Waals surface area contributed by atoms with Crippen molar-refractivity contribution in [1.29, 1.82) is 0 Å². The first-order valence-electron chi connectivity index (χ1n) is 4.44. The Kier molecular flexibility index (Phi) is 2.59. The van der Waals surface area contributed by atoms with Gasteiger partial charge in [-0.15, -0.1) is 0 Å². The molecule has 0 aromatic carbocycles. The van der Waals surface area contributed by atoms with Crippen molar-refractivity contribution in [3.8, 4) is 0 Å². The van der Waals surface area contributed by atoms with Crippen LogP contribution in [0.1, 0.15) is 32.9 Å². The Morgan fingerprint density at radius 3 is 2.54 bits per heavy atom. The van der Waals surface area contributed by atoms with Crippen molar-refractivity contribution in [2.75, 3.05) is 5.73 Å². The summed E-state index contributed by atoms with van der Waals surface area (Å²) >= 11 is 0. The van der Waals surface area contributed by atoms with Crippen molar-refractivity contribution in [3.63, 3.8) is 0 Å². The summed E-state index contributed by atoms with van der Waals surface area (Å²) in [5, 5.41) is 6.23. The SMILES string of the molecule is CCC(C)(C)Cc1[nH]nc(N)c1F. The van der Waals surface area contributed by atoms with Crippen LogP contribution >= 0.6 is 0 Å². The van der Waals surface area contributed by atoms with Gasteiger partial charge in [0.2, 0.25) is 0 Å². The lowest BCUT2D eigenvalue weighted by Crippen LogP contribution is -2.14. The van der Waals surface area contributed by atoms with Gasteiger partial charge < -0.3 is 5.73 Å². The third-order valence-electron chi connectivity index (χ3n) is 2.41. The van der Waals surface area contributed by atoms with E-state index in [1.165, 1.54) is 0 Å². The first-order chi connectivity index (χ1) is 5.96. The minimum Gasteiger partial charge on any atom is -0.380 e. The first-order valence-corrected chi connectivity index (χ1v) is 4.44. The number of aromatic amines is 1. The minimum atomic E-state index is -0.401. The third kappa shape index (κ3) is 2.20. The molecule has 0 bridgehead atoms. The van der Waals surface area contributed by atoms with E-state index in [0.29, 0.717) is 12.1 Å². The van der Waals surface area contributed by atoms with Gasteiger partial charge in [0.1, 0.15) is 0 Å². The summed E-state index contributed by atoms with van der Waals surface area (Å²) < 4.78 is 13.2. The predicted octanol–water partition coefficient (Wildman–Crippen LogP) is 2.11. The molecule has 1 heterocycles. The van der Waals surface area contributed by atoms with Gasteiger partial charge in [-0.05, 0) is 11.8 Å². The maximum absolute atomic E-state index is 13.2. The van der Waals surface area contributed by atoms with Gasteiger partial charge in [0.15, 0.2) is 11.6 Å². The lowest BCUT2D eigenvalue weighted by Gasteiger charge is -2.21. The molecule has 4 heteroatoms. The molecule has 0 amide bonds. The molecule has 0 aliphatic carbocycles. The van der Waals surface area contributed by atoms with Crippen molar-refractivity contribution in [2.24, 2.45) is 5.41 Å². The van der Waals surface area contributed by atoms with E-state index in [9.17, 15) is 4.39 Å². The number of nitrogens with zero attached hydrogens (tertiary/aromatic N) is 1. The van der Waals surface area contributed by atoms with Crippen LogP contribution in [0.15, 0.2) is 0 Å². The fourth-order valence-corrected chi connectivity index (χ4v) is 1.10. The number of H-pyrrole nitrogens is 1. The summed E-state index contributed by atoms with van der Waals surface area (Å²) in [6.45, 7) is 6.25. The van der Waals surface area contributed by atoms with Crippen molar-refractivity contribution >= 4 is 5.82 Å². The summed E-state index contributed by atoms with van der Waals surface area (Å²) in [7, 11) is 0. The Bertz CT molecular complexity index is 291. The topological polar surface area (TPSA) is 54.7 Å². The van der Waals surface area contributed by atoms with E-state index in [-0.39, 0.29) is 11.2 Å². The number of aromatic nitrogens is 2. The lowest BCUT2D eigenvalue weighted by atomic mass is 9.85. The van der Waals surface area contributed by atoms with E-state index < -0.39 is 5.82 Å². The Morgan fingerprint density at radius 2 is 2.15 bits per heavy atom. The quantitative estimate of drug-likeness (QED) is 0.757. The van der Waals surface area contributed by atoms with Gasteiger partial charge in [-0.2, -0.15) is 5.10 Å². The summed E-state index contributed by atoms with van der Waals surface area (Å²) in [5.41, 5.74) is 5.87. The summed E-state index contributed by atoms with van der Waals surface area (Å²) in [6, 6.07) is 0. The van der Waals surface area contributed by atoms with Crippen LogP contribution in [0.2, 0.25) is 0 Å². The van der Waals surface area contributed by atoms with Gasteiger partial charge in [-0.3, -0.25) is 5.10 Å². The van der Waals surface area contributed by atoms with Crippen LogP contribution in [0.3, 0.4) is 0 Å². The van der Waals surface area contributed by atoms with Gasteiger partial charge in [0, 0.05) is 0 Å². The van der Waals surface area contributed by atoms with Crippen LogP contribution in [0.25, 0.3) is 0 Å². The molecule has 74 valence electrons. The molecule has 0 aliphatic rings. The standard InChI is InChI=1S/C9H16FN3/c1-4-9(2,3)5-6-7(10)8(11)13-12-6/h4-5H2,1-3H3,(H3,11,12,13). The Labute approximate surface area is 77.5 Å². The second-order valence-corrected chi connectivity index (χ2v) is 4.10. The highest BCUT2D eigenvalue weighted by Gasteiger charge is 2.20. The molecular weight excluding hydrogens is 169 g/mol. The van der Waals surface area contributed by atoms with Crippen LogP contribution in [0, 0.1) is 11.2 Å². The van der Waals surface area contributed by atoms with Gasteiger partial charge in [0.25, 0.3) is 0 Å². The highest BCUT2D eigenvalue weighted by Crippen LogP contribution is 2.26. The number of rotatable bonds is 3. The Morgan fingerprint density at radius 1 is 1.54 bits per heavy atom. The molecule has 13 heavy (non-hydrogen) atoms. The molecule has 1 rings (SSSR count). The fraction of sp³-hybridized carbons (Fsp3) is 0.667. The molecule has 0 radical (unpaired) electrons. The number of halogens is 1. The monoisotopic (exact) mass is 185 g/mol. The maximum Gasteiger partial charge on any atom is 0.187 e. The largest absolute Gasteiger partial charge is 0.380 e. The van der Waals surface area contributed by atoms with Crippen LogP contribution in [0.5, 0.6) is 0 Å². The summed E-state index contributed by atoms with van der Waals surface area (Å²) in [6.07, 6.45) is 1.63. The van der Waals surface area contributed by atoms with E-state index in [1.54, 1.807) is 0 Å². The Hall–Kier alpha value is -1.06. The van der Waals surface area contributed by atoms with Gasteiger partial charge >= 0.3 is 0 Å². The van der Waals surface area contributed by atoms with Crippen LogP contribution in [-0.4, -0.2) is 10.2 Å². The second kappa shape index (κ2) is 3.36. The molecule has 0 aliphatic heterocycles. The molecule has 1 aromatic heterocycles. The molecule has 3 N–H and O–H groups in total. The normalized spacial score (nSPS) is 12.0. The van der Waals surface area contributed by atoms with Crippen molar-refractivity contribution in [1.82, 2.24) is 10.2 Å². The molecule has 0 saturated heterocycles. The number of nitrogens with one attached hydrogen (secondary N) is 1. The van der Waals surface area contributed by atoms with Gasteiger partial charge in [0.05, 0.1) is 5.69 Å². The molecule has 0 atom stereocenters. The molecular formula is C9H16FN3. The van der Waals surface area contributed by atoms with Crippen LogP contribution < -0.4 is 5.73 Å². The van der Waals surface area contributed by atoms with Gasteiger partial charge in [-0.25, -0.2) is 4.39 Å². The molecule has 0 spiro atoms. The predicted molar refractivity (Wildman–Crippen MR) is 50.7 cm³/mol. The minimum absolute atomic E-state index is 0.0399. The third-order valence-corrected chi connectivity index (χ3v) is 2.41.